The van der Waals surface area contributed by atoms with Crippen LogP contribution in [0.1, 0.15) is 16.5 Å². The molecular formula is C19H21NO4S. The van der Waals surface area contributed by atoms with Crippen molar-refractivity contribution in [3.05, 3.63) is 53.6 Å². The Morgan fingerprint density at radius 1 is 1.00 bits per heavy atom. The number of thioether (sulfide) groups is 1. The number of methoxy groups -OCH3 is 3. The van der Waals surface area contributed by atoms with Crippen molar-refractivity contribution in [3.8, 4) is 17.2 Å². The van der Waals surface area contributed by atoms with Crippen LogP contribution in [0.25, 0.3) is 0 Å². The third-order valence-electron chi connectivity index (χ3n) is 4.11. The fraction of sp³-hybridized carbons (Fsp3) is 0.316. The molecule has 1 amide bonds. The van der Waals surface area contributed by atoms with Gasteiger partial charge < -0.3 is 19.1 Å². The normalized spacial score (nSPS) is 16.8. The minimum atomic E-state index is -0.0280. The summed E-state index contributed by atoms with van der Waals surface area (Å²) in [5.41, 5.74) is 2.03. The van der Waals surface area contributed by atoms with E-state index in [2.05, 4.69) is 0 Å². The average molecular weight is 359 g/mol. The van der Waals surface area contributed by atoms with E-state index in [1.54, 1.807) is 33.1 Å². The maximum atomic E-state index is 12.4. The summed E-state index contributed by atoms with van der Waals surface area (Å²) >= 11 is 1.63. The lowest BCUT2D eigenvalue weighted by molar-refractivity contribution is -0.128. The van der Waals surface area contributed by atoms with Crippen LogP contribution in [0.15, 0.2) is 42.5 Å². The SMILES string of the molecule is COc1cc(CN2C(=O)CSC2c2cccc(OC)c2)cc(OC)c1. The molecule has 3 rings (SSSR count). The number of nitrogens with zero attached hydrogens (tertiary/aromatic N) is 1. The molecule has 2 aromatic rings. The maximum Gasteiger partial charge on any atom is 0.234 e. The number of amides is 1. The van der Waals surface area contributed by atoms with E-state index in [-0.39, 0.29) is 11.3 Å². The zero-order valence-electron chi connectivity index (χ0n) is 14.5. The Hall–Kier alpha value is -2.34. The van der Waals surface area contributed by atoms with Crippen LogP contribution in [0.2, 0.25) is 0 Å². The van der Waals surface area contributed by atoms with Crippen LogP contribution >= 0.6 is 11.8 Å². The van der Waals surface area contributed by atoms with Crippen LogP contribution in [-0.2, 0) is 11.3 Å². The van der Waals surface area contributed by atoms with Crippen LogP contribution in [0.3, 0.4) is 0 Å². The van der Waals surface area contributed by atoms with Crippen LogP contribution < -0.4 is 14.2 Å². The quantitative estimate of drug-likeness (QED) is 0.790. The molecule has 5 nitrogen and oxygen atoms in total. The first-order valence-corrected chi connectivity index (χ1v) is 8.96. The third kappa shape index (κ3) is 3.85. The zero-order valence-corrected chi connectivity index (χ0v) is 15.3. The lowest BCUT2D eigenvalue weighted by Gasteiger charge is -2.25. The smallest absolute Gasteiger partial charge is 0.234 e. The highest BCUT2D eigenvalue weighted by Crippen LogP contribution is 2.40. The molecule has 0 spiro atoms. The number of hydrogen-bond acceptors (Lipinski definition) is 5. The van der Waals surface area contributed by atoms with Gasteiger partial charge in [-0.2, -0.15) is 0 Å². The second-order valence-electron chi connectivity index (χ2n) is 5.68. The van der Waals surface area contributed by atoms with E-state index in [0.29, 0.717) is 23.8 Å². The third-order valence-corrected chi connectivity index (χ3v) is 5.37. The van der Waals surface area contributed by atoms with Gasteiger partial charge in [0.2, 0.25) is 5.91 Å². The van der Waals surface area contributed by atoms with Crippen molar-refractivity contribution in [3.63, 3.8) is 0 Å². The van der Waals surface area contributed by atoms with Crippen LogP contribution in [0, 0.1) is 0 Å². The van der Waals surface area contributed by atoms with Gasteiger partial charge in [0.1, 0.15) is 22.6 Å². The molecule has 1 atom stereocenters. The minimum Gasteiger partial charge on any atom is -0.497 e. The summed E-state index contributed by atoms with van der Waals surface area (Å²) in [5, 5.41) is -0.0280. The molecule has 0 N–H and O–H groups in total. The summed E-state index contributed by atoms with van der Waals surface area (Å²) < 4.78 is 16.0. The Kier molecular flexibility index (Phi) is 5.38. The Bertz CT molecular complexity index is 743. The van der Waals surface area contributed by atoms with Crippen molar-refractivity contribution >= 4 is 17.7 Å². The van der Waals surface area contributed by atoms with Crippen molar-refractivity contribution in [1.29, 1.82) is 0 Å². The van der Waals surface area contributed by atoms with Gasteiger partial charge in [0.25, 0.3) is 0 Å². The molecule has 0 aromatic heterocycles. The lowest BCUT2D eigenvalue weighted by Crippen LogP contribution is -2.27. The summed E-state index contributed by atoms with van der Waals surface area (Å²) in [5.74, 6) is 2.82. The highest BCUT2D eigenvalue weighted by molar-refractivity contribution is 8.00. The van der Waals surface area contributed by atoms with Crippen LogP contribution in [-0.4, -0.2) is 37.9 Å². The molecule has 2 aromatic carbocycles. The van der Waals surface area contributed by atoms with Crippen LogP contribution in [0.4, 0.5) is 0 Å². The Morgan fingerprint density at radius 3 is 2.32 bits per heavy atom. The van der Waals surface area contributed by atoms with E-state index in [1.165, 1.54) is 0 Å². The molecule has 1 saturated heterocycles. The first-order chi connectivity index (χ1) is 12.1. The number of ether oxygens (including phenoxy) is 3. The summed E-state index contributed by atoms with van der Waals surface area (Å²) in [4.78, 5) is 14.3. The molecule has 25 heavy (non-hydrogen) atoms. The zero-order chi connectivity index (χ0) is 17.8. The second-order valence-corrected chi connectivity index (χ2v) is 6.75. The van der Waals surface area contributed by atoms with E-state index < -0.39 is 0 Å². The Balaban J connectivity index is 1.87. The molecule has 0 aliphatic carbocycles. The van der Waals surface area contributed by atoms with E-state index in [0.717, 1.165) is 16.9 Å². The summed E-state index contributed by atoms with van der Waals surface area (Å²) in [6, 6.07) is 13.5. The van der Waals surface area contributed by atoms with Crippen molar-refractivity contribution in [1.82, 2.24) is 4.90 Å². The van der Waals surface area contributed by atoms with Gasteiger partial charge >= 0.3 is 0 Å². The van der Waals surface area contributed by atoms with Gasteiger partial charge in [-0.25, -0.2) is 0 Å². The largest absolute Gasteiger partial charge is 0.497 e. The summed E-state index contributed by atoms with van der Waals surface area (Å²) in [6.45, 7) is 0.501. The summed E-state index contributed by atoms with van der Waals surface area (Å²) in [7, 11) is 4.88. The van der Waals surface area contributed by atoms with Gasteiger partial charge in [-0.3, -0.25) is 4.79 Å². The molecule has 0 bridgehead atoms. The highest BCUT2D eigenvalue weighted by atomic mass is 32.2. The van der Waals surface area contributed by atoms with E-state index in [4.69, 9.17) is 14.2 Å². The molecule has 1 heterocycles. The van der Waals surface area contributed by atoms with Gasteiger partial charge in [0.15, 0.2) is 0 Å². The number of hydrogen-bond donors (Lipinski definition) is 0. The average Bonchev–Trinajstić information content (AvgIpc) is 3.01. The molecule has 1 fully saturated rings. The van der Waals surface area contributed by atoms with Crippen LogP contribution in [0.5, 0.6) is 17.2 Å². The van der Waals surface area contributed by atoms with Gasteiger partial charge in [0.05, 0.1) is 27.1 Å². The monoisotopic (exact) mass is 359 g/mol. The lowest BCUT2D eigenvalue weighted by atomic mass is 10.1. The molecule has 0 radical (unpaired) electrons. The standard InChI is InChI=1S/C19H21NO4S/c1-22-15-6-4-5-14(9-15)19-20(18(21)12-25-19)11-13-7-16(23-2)10-17(8-13)24-3/h4-10,19H,11-12H2,1-3H3. The fourth-order valence-electron chi connectivity index (χ4n) is 2.85. The first-order valence-electron chi connectivity index (χ1n) is 7.91. The molecule has 1 aliphatic rings. The summed E-state index contributed by atoms with van der Waals surface area (Å²) in [6.07, 6.45) is 0. The van der Waals surface area contributed by atoms with Crippen molar-refractivity contribution in [2.24, 2.45) is 0 Å². The van der Waals surface area contributed by atoms with Gasteiger partial charge in [-0.1, -0.05) is 12.1 Å². The predicted molar refractivity (Wildman–Crippen MR) is 98.3 cm³/mol. The van der Waals surface area contributed by atoms with Crippen molar-refractivity contribution in [2.45, 2.75) is 11.9 Å². The van der Waals surface area contributed by atoms with E-state index >= 15 is 0 Å². The van der Waals surface area contributed by atoms with Gasteiger partial charge in [-0.15, -0.1) is 11.8 Å². The number of carbonyl (C=O) groups is 1. The molecule has 1 unspecified atom stereocenters. The van der Waals surface area contributed by atoms with E-state index in [9.17, 15) is 4.79 Å². The highest BCUT2D eigenvalue weighted by Gasteiger charge is 2.33. The maximum absolute atomic E-state index is 12.4. The number of rotatable bonds is 6. The molecule has 132 valence electrons. The molecular weight excluding hydrogens is 338 g/mol. The number of carbonyl (C=O) groups excluding carboxylic acids is 1. The minimum absolute atomic E-state index is 0.0280. The number of benzene rings is 2. The van der Waals surface area contributed by atoms with Crippen molar-refractivity contribution < 1.29 is 19.0 Å². The topological polar surface area (TPSA) is 48.0 Å². The van der Waals surface area contributed by atoms with E-state index in [1.807, 2.05) is 47.4 Å². The van der Waals surface area contributed by atoms with Gasteiger partial charge in [0, 0.05) is 12.6 Å². The molecule has 6 heteroatoms. The predicted octanol–water partition coefficient (Wildman–Crippen LogP) is 3.49. The van der Waals surface area contributed by atoms with Crippen molar-refractivity contribution in [2.75, 3.05) is 27.1 Å². The second kappa shape index (κ2) is 7.70. The fourth-order valence-corrected chi connectivity index (χ4v) is 4.03. The first kappa shape index (κ1) is 17.5. The van der Waals surface area contributed by atoms with Gasteiger partial charge in [-0.05, 0) is 35.4 Å². The molecule has 1 aliphatic heterocycles. The Morgan fingerprint density at radius 2 is 1.68 bits per heavy atom. The Labute approximate surface area is 151 Å². The molecule has 0 saturated carbocycles.